The molecule has 0 radical (unpaired) electrons. The lowest BCUT2D eigenvalue weighted by Gasteiger charge is -2.26. The normalized spacial score (nSPS) is 16.2. The van der Waals surface area contributed by atoms with E-state index >= 15 is 0 Å². The van der Waals surface area contributed by atoms with Crippen LogP contribution in [-0.2, 0) is 9.47 Å². The van der Waals surface area contributed by atoms with Gasteiger partial charge in [0, 0.05) is 19.6 Å². The van der Waals surface area contributed by atoms with Crippen molar-refractivity contribution in [2.45, 2.75) is 26.4 Å². The summed E-state index contributed by atoms with van der Waals surface area (Å²) in [4.78, 5) is 2.36. The summed E-state index contributed by atoms with van der Waals surface area (Å²) >= 11 is 0. The number of hydrogen-bond donors (Lipinski definition) is 0. The zero-order chi connectivity index (χ0) is 16.3. The number of nitrogens with zero attached hydrogens (tertiary/aromatic N) is 1. The fraction of sp³-hybridized carbons (Fsp3) is 0.667. The standard InChI is InChI=1S/C18H29NO4.ClH/c1-3-16(2)23-18-7-5-4-6-17(18)22-15-14-21-13-10-19-8-11-20-12-9-19;/h4-7,16H,3,8-15H2,1-2H3;1H. The minimum atomic E-state index is 0. The molecule has 5 nitrogen and oxygen atoms in total. The van der Waals surface area contributed by atoms with E-state index in [0.29, 0.717) is 13.2 Å². The van der Waals surface area contributed by atoms with E-state index in [1.165, 1.54) is 0 Å². The largest absolute Gasteiger partial charge is 0.487 e. The molecule has 138 valence electrons. The Morgan fingerprint density at radius 1 is 1.08 bits per heavy atom. The number of morpholine rings is 1. The molecule has 1 unspecified atom stereocenters. The van der Waals surface area contributed by atoms with E-state index in [9.17, 15) is 0 Å². The molecule has 0 aliphatic carbocycles. The van der Waals surface area contributed by atoms with E-state index in [4.69, 9.17) is 18.9 Å². The molecule has 1 aliphatic heterocycles. The molecule has 24 heavy (non-hydrogen) atoms. The van der Waals surface area contributed by atoms with Gasteiger partial charge in [-0.05, 0) is 25.5 Å². The lowest BCUT2D eigenvalue weighted by Crippen LogP contribution is -2.38. The molecule has 1 aromatic carbocycles. The number of halogens is 1. The molecular formula is C18H30ClNO4. The maximum absolute atomic E-state index is 5.87. The molecule has 1 saturated heterocycles. The van der Waals surface area contributed by atoms with Crippen LogP contribution in [0.3, 0.4) is 0 Å². The molecule has 2 rings (SSSR count). The van der Waals surface area contributed by atoms with Gasteiger partial charge in [0.2, 0.25) is 0 Å². The van der Waals surface area contributed by atoms with Crippen molar-refractivity contribution >= 4 is 12.4 Å². The molecule has 0 aromatic heterocycles. The summed E-state index contributed by atoms with van der Waals surface area (Å²) in [7, 11) is 0. The molecule has 1 fully saturated rings. The van der Waals surface area contributed by atoms with Crippen LogP contribution in [0, 0.1) is 0 Å². The molecule has 1 atom stereocenters. The van der Waals surface area contributed by atoms with Crippen LogP contribution < -0.4 is 9.47 Å². The molecule has 0 spiro atoms. The van der Waals surface area contributed by atoms with Crippen molar-refractivity contribution < 1.29 is 18.9 Å². The Balaban J connectivity index is 0.00000288. The van der Waals surface area contributed by atoms with E-state index < -0.39 is 0 Å². The average Bonchev–Trinajstić information content (AvgIpc) is 2.60. The SMILES string of the molecule is CCC(C)Oc1ccccc1OCCOCCN1CCOCC1.Cl. The van der Waals surface area contributed by atoms with E-state index in [0.717, 1.165) is 57.4 Å². The number of hydrogen-bond acceptors (Lipinski definition) is 5. The van der Waals surface area contributed by atoms with Gasteiger partial charge >= 0.3 is 0 Å². The fourth-order valence-electron chi connectivity index (χ4n) is 2.30. The van der Waals surface area contributed by atoms with Gasteiger partial charge in [-0.3, -0.25) is 4.90 Å². The van der Waals surface area contributed by atoms with E-state index in [-0.39, 0.29) is 18.5 Å². The van der Waals surface area contributed by atoms with Crippen LogP contribution in [0.2, 0.25) is 0 Å². The van der Waals surface area contributed by atoms with Gasteiger partial charge in [0.15, 0.2) is 11.5 Å². The zero-order valence-electron chi connectivity index (χ0n) is 14.7. The van der Waals surface area contributed by atoms with Crippen molar-refractivity contribution in [3.63, 3.8) is 0 Å². The minimum Gasteiger partial charge on any atom is -0.487 e. The van der Waals surface area contributed by atoms with E-state index in [2.05, 4.69) is 18.7 Å². The lowest BCUT2D eigenvalue weighted by atomic mass is 10.3. The molecule has 1 aromatic rings. The van der Waals surface area contributed by atoms with E-state index in [1.807, 2.05) is 24.3 Å². The molecule has 0 bridgehead atoms. The van der Waals surface area contributed by atoms with E-state index in [1.54, 1.807) is 0 Å². The van der Waals surface area contributed by atoms with Crippen LogP contribution in [0.25, 0.3) is 0 Å². The van der Waals surface area contributed by atoms with Crippen LogP contribution in [0.5, 0.6) is 11.5 Å². The third kappa shape index (κ3) is 7.71. The van der Waals surface area contributed by atoms with Crippen molar-refractivity contribution in [2.75, 3.05) is 52.7 Å². The maximum atomic E-state index is 5.87. The van der Waals surface area contributed by atoms with Gasteiger partial charge in [0.05, 0.1) is 32.5 Å². The summed E-state index contributed by atoms with van der Waals surface area (Å²) < 4.78 is 22.6. The lowest BCUT2D eigenvalue weighted by molar-refractivity contribution is 0.0169. The van der Waals surface area contributed by atoms with Gasteiger partial charge in [-0.15, -0.1) is 12.4 Å². The molecular weight excluding hydrogens is 330 g/mol. The topological polar surface area (TPSA) is 40.2 Å². The third-order valence-corrected chi connectivity index (χ3v) is 3.89. The predicted octanol–water partition coefficient (Wildman–Crippen LogP) is 3.01. The Labute approximate surface area is 151 Å². The van der Waals surface area contributed by atoms with Crippen molar-refractivity contribution in [3.05, 3.63) is 24.3 Å². The molecule has 1 aliphatic rings. The summed E-state index contributed by atoms with van der Waals surface area (Å²) in [6.45, 7) is 10.6. The van der Waals surface area contributed by atoms with Gasteiger partial charge in [0.1, 0.15) is 6.61 Å². The summed E-state index contributed by atoms with van der Waals surface area (Å²) in [6.07, 6.45) is 1.16. The van der Waals surface area contributed by atoms with Crippen LogP contribution >= 0.6 is 12.4 Å². The van der Waals surface area contributed by atoms with Crippen LogP contribution in [0.1, 0.15) is 20.3 Å². The quantitative estimate of drug-likeness (QED) is 0.600. The first-order chi connectivity index (χ1) is 11.3. The molecule has 6 heteroatoms. The highest BCUT2D eigenvalue weighted by Crippen LogP contribution is 2.27. The number of ether oxygens (including phenoxy) is 4. The summed E-state index contributed by atoms with van der Waals surface area (Å²) in [5.41, 5.74) is 0. The maximum Gasteiger partial charge on any atom is 0.161 e. The monoisotopic (exact) mass is 359 g/mol. The number of para-hydroxylation sites is 2. The van der Waals surface area contributed by atoms with Crippen molar-refractivity contribution in [3.8, 4) is 11.5 Å². The Hall–Kier alpha value is -1.01. The Bertz CT molecular complexity index is 441. The number of benzene rings is 1. The second kappa shape index (κ2) is 12.4. The Kier molecular flexibility index (Phi) is 10.8. The summed E-state index contributed by atoms with van der Waals surface area (Å²) in [6, 6.07) is 7.80. The van der Waals surface area contributed by atoms with Crippen molar-refractivity contribution in [1.29, 1.82) is 0 Å². The minimum absolute atomic E-state index is 0. The number of rotatable bonds is 10. The second-order valence-electron chi connectivity index (χ2n) is 5.70. The van der Waals surface area contributed by atoms with Crippen LogP contribution in [0.4, 0.5) is 0 Å². The van der Waals surface area contributed by atoms with Crippen molar-refractivity contribution in [2.24, 2.45) is 0 Å². The van der Waals surface area contributed by atoms with Gasteiger partial charge in [-0.2, -0.15) is 0 Å². The van der Waals surface area contributed by atoms with Gasteiger partial charge in [-0.25, -0.2) is 0 Å². The second-order valence-corrected chi connectivity index (χ2v) is 5.70. The first-order valence-corrected chi connectivity index (χ1v) is 8.56. The summed E-state index contributed by atoms with van der Waals surface area (Å²) in [5.74, 6) is 1.58. The predicted molar refractivity (Wildman–Crippen MR) is 97.6 cm³/mol. The van der Waals surface area contributed by atoms with Crippen molar-refractivity contribution in [1.82, 2.24) is 4.90 Å². The first-order valence-electron chi connectivity index (χ1n) is 8.56. The summed E-state index contributed by atoms with van der Waals surface area (Å²) in [5, 5.41) is 0. The average molecular weight is 360 g/mol. The van der Waals surface area contributed by atoms with Gasteiger partial charge in [0.25, 0.3) is 0 Å². The first kappa shape index (κ1) is 21.0. The zero-order valence-corrected chi connectivity index (χ0v) is 15.6. The van der Waals surface area contributed by atoms with Gasteiger partial charge < -0.3 is 18.9 Å². The Morgan fingerprint density at radius 3 is 2.50 bits per heavy atom. The molecule has 1 heterocycles. The van der Waals surface area contributed by atoms with Crippen LogP contribution in [-0.4, -0.2) is 63.7 Å². The Morgan fingerprint density at radius 2 is 1.79 bits per heavy atom. The van der Waals surface area contributed by atoms with Gasteiger partial charge in [-0.1, -0.05) is 19.1 Å². The smallest absolute Gasteiger partial charge is 0.161 e. The molecule has 0 saturated carbocycles. The van der Waals surface area contributed by atoms with Crippen LogP contribution in [0.15, 0.2) is 24.3 Å². The molecule has 0 N–H and O–H groups in total. The third-order valence-electron chi connectivity index (χ3n) is 3.89. The highest BCUT2D eigenvalue weighted by molar-refractivity contribution is 5.85. The highest BCUT2D eigenvalue weighted by Gasteiger charge is 2.10. The molecule has 0 amide bonds. The highest BCUT2D eigenvalue weighted by atomic mass is 35.5. The fourth-order valence-corrected chi connectivity index (χ4v) is 2.30.